The molecule has 4 nitrogen and oxygen atoms in total. The van der Waals surface area contributed by atoms with Crippen LogP contribution in [0.5, 0.6) is 5.75 Å². The van der Waals surface area contributed by atoms with Crippen LogP contribution in [0.25, 0.3) is 16.0 Å². The molecule has 4 rings (SSSR count). The fourth-order valence-electron chi connectivity index (χ4n) is 3.91. The normalized spacial score (nSPS) is 15.6. The van der Waals surface area contributed by atoms with Gasteiger partial charge in [0.1, 0.15) is 5.75 Å². The number of phenols is 1. The highest BCUT2D eigenvalue weighted by molar-refractivity contribution is 7.15. The molecule has 5 heteroatoms. The Hall–Kier alpha value is -3.44. The number of rotatable bonds is 3. The van der Waals surface area contributed by atoms with Crippen molar-refractivity contribution in [2.45, 2.75) is 27.7 Å². The number of hydrogen-bond acceptors (Lipinski definition) is 4. The molecular formula is C26H23NO3S. The van der Waals surface area contributed by atoms with Crippen molar-refractivity contribution in [2.75, 3.05) is 4.90 Å². The van der Waals surface area contributed by atoms with E-state index in [1.165, 1.54) is 17.0 Å². The fraction of sp³-hybridized carbons (Fsp3) is 0.154. The second-order valence-corrected chi connectivity index (χ2v) is 9.04. The first kappa shape index (κ1) is 20.8. The molecule has 31 heavy (non-hydrogen) atoms. The second-order valence-electron chi connectivity index (χ2n) is 7.78. The predicted molar refractivity (Wildman–Crippen MR) is 126 cm³/mol. The Labute approximate surface area is 185 Å². The lowest BCUT2D eigenvalue weighted by Crippen LogP contribution is -2.29. The highest BCUT2D eigenvalue weighted by Gasteiger charge is 2.41. The molecule has 1 N–H and O–H groups in total. The SMILES string of the molecule is CC(C)=C1C(=O)N(c2ccc(O)cc2)C(=O)C1=C(C)c1cc(-c2ccccc2)sc1C. The third kappa shape index (κ3) is 3.62. The van der Waals surface area contributed by atoms with Crippen molar-refractivity contribution in [3.8, 4) is 16.2 Å². The van der Waals surface area contributed by atoms with Crippen molar-refractivity contribution in [3.05, 3.63) is 87.8 Å². The zero-order valence-electron chi connectivity index (χ0n) is 17.9. The quantitative estimate of drug-likeness (QED) is 0.403. The van der Waals surface area contributed by atoms with Crippen LogP contribution in [0.1, 0.15) is 31.2 Å². The van der Waals surface area contributed by atoms with Crippen LogP contribution in [0, 0.1) is 6.92 Å². The second kappa shape index (κ2) is 8.00. The molecule has 1 aromatic heterocycles. The maximum absolute atomic E-state index is 13.5. The van der Waals surface area contributed by atoms with E-state index in [-0.39, 0.29) is 17.6 Å². The summed E-state index contributed by atoms with van der Waals surface area (Å²) >= 11 is 1.68. The number of aromatic hydroxyl groups is 1. The van der Waals surface area contributed by atoms with Crippen molar-refractivity contribution < 1.29 is 14.7 Å². The van der Waals surface area contributed by atoms with Gasteiger partial charge in [-0.3, -0.25) is 9.59 Å². The fourth-order valence-corrected chi connectivity index (χ4v) is 4.99. The van der Waals surface area contributed by atoms with Crippen molar-refractivity contribution in [3.63, 3.8) is 0 Å². The Kier molecular flexibility index (Phi) is 5.38. The minimum Gasteiger partial charge on any atom is -0.508 e. The number of aryl methyl sites for hydroxylation is 1. The first-order valence-corrected chi connectivity index (χ1v) is 10.8. The molecule has 156 valence electrons. The molecule has 0 bridgehead atoms. The molecule has 2 amide bonds. The van der Waals surface area contributed by atoms with E-state index in [2.05, 4.69) is 18.2 Å². The molecule has 2 aromatic carbocycles. The highest BCUT2D eigenvalue weighted by atomic mass is 32.1. The summed E-state index contributed by atoms with van der Waals surface area (Å²) in [5, 5.41) is 9.58. The van der Waals surface area contributed by atoms with Gasteiger partial charge in [-0.2, -0.15) is 0 Å². The number of carbonyl (C=O) groups is 2. The number of anilines is 1. The van der Waals surface area contributed by atoms with Gasteiger partial charge in [-0.05, 0) is 74.7 Å². The Morgan fingerprint density at radius 1 is 0.871 bits per heavy atom. The van der Waals surface area contributed by atoms with Crippen LogP contribution < -0.4 is 4.90 Å². The van der Waals surface area contributed by atoms with Crippen LogP contribution in [0.4, 0.5) is 5.69 Å². The topological polar surface area (TPSA) is 57.6 Å². The molecular weight excluding hydrogens is 406 g/mol. The molecule has 0 radical (unpaired) electrons. The Balaban J connectivity index is 1.86. The molecule has 0 saturated carbocycles. The summed E-state index contributed by atoms with van der Waals surface area (Å²) in [6.45, 7) is 7.65. The number of benzene rings is 2. The van der Waals surface area contributed by atoms with Crippen LogP contribution in [0.2, 0.25) is 0 Å². The molecule has 2 heterocycles. The maximum atomic E-state index is 13.5. The van der Waals surface area contributed by atoms with E-state index in [9.17, 15) is 14.7 Å². The van der Waals surface area contributed by atoms with E-state index >= 15 is 0 Å². The van der Waals surface area contributed by atoms with Crippen molar-refractivity contribution in [1.82, 2.24) is 0 Å². The summed E-state index contributed by atoms with van der Waals surface area (Å²) in [5.41, 5.74) is 5.03. The number of phenolic OH excluding ortho intramolecular Hbond substituents is 1. The molecule has 0 unspecified atom stereocenters. The van der Waals surface area contributed by atoms with E-state index in [4.69, 9.17) is 0 Å². The average Bonchev–Trinajstić information content (AvgIpc) is 3.26. The van der Waals surface area contributed by atoms with Gasteiger partial charge in [0, 0.05) is 9.75 Å². The number of amides is 2. The first-order valence-electron chi connectivity index (χ1n) is 10.0. The Bertz CT molecular complexity index is 1240. The van der Waals surface area contributed by atoms with E-state index in [0.29, 0.717) is 16.8 Å². The zero-order valence-corrected chi connectivity index (χ0v) is 18.7. The van der Waals surface area contributed by atoms with Gasteiger partial charge in [-0.25, -0.2) is 4.90 Å². The number of imide groups is 1. The van der Waals surface area contributed by atoms with Gasteiger partial charge in [0.2, 0.25) is 0 Å². The monoisotopic (exact) mass is 429 g/mol. The molecule has 0 atom stereocenters. The molecule has 1 fully saturated rings. The molecule has 1 aliphatic rings. The Morgan fingerprint density at radius 3 is 2.10 bits per heavy atom. The van der Waals surface area contributed by atoms with Gasteiger partial charge < -0.3 is 5.11 Å². The molecule has 0 aliphatic carbocycles. The van der Waals surface area contributed by atoms with Crippen LogP contribution in [-0.2, 0) is 9.59 Å². The van der Waals surface area contributed by atoms with Gasteiger partial charge in [0.25, 0.3) is 11.8 Å². The lowest BCUT2D eigenvalue weighted by molar-refractivity contribution is -0.119. The predicted octanol–water partition coefficient (Wildman–Crippen LogP) is 6.11. The van der Waals surface area contributed by atoms with Gasteiger partial charge in [-0.1, -0.05) is 35.9 Å². The van der Waals surface area contributed by atoms with Crippen molar-refractivity contribution >= 4 is 34.4 Å². The Morgan fingerprint density at radius 2 is 1.48 bits per heavy atom. The number of allylic oxidation sites excluding steroid dienone is 2. The van der Waals surface area contributed by atoms with E-state index < -0.39 is 0 Å². The summed E-state index contributed by atoms with van der Waals surface area (Å²) in [6, 6.07) is 18.3. The number of carbonyl (C=O) groups excluding carboxylic acids is 2. The number of nitrogens with zero attached hydrogens (tertiary/aromatic N) is 1. The van der Waals surface area contributed by atoms with Gasteiger partial charge >= 0.3 is 0 Å². The summed E-state index contributed by atoms with van der Waals surface area (Å²) in [4.78, 5) is 30.1. The van der Waals surface area contributed by atoms with Crippen molar-refractivity contribution in [2.24, 2.45) is 0 Å². The minimum absolute atomic E-state index is 0.0829. The largest absolute Gasteiger partial charge is 0.508 e. The van der Waals surface area contributed by atoms with Crippen LogP contribution in [0.15, 0.2) is 77.4 Å². The first-order chi connectivity index (χ1) is 14.8. The summed E-state index contributed by atoms with van der Waals surface area (Å²) in [5.74, 6) is -0.586. The van der Waals surface area contributed by atoms with Gasteiger partial charge in [0.15, 0.2) is 0 Å². The standard InChI is InChI=1S/C26H23NO3S/c1-15(2)23-24(26(30)27(25(23)29)19-10-12-20(28)13-11-19)16(3)21-14-22(31-17(21)4)18-8-6-5-7-9-18/h5-14,28H,1-4H3. The van der Waals surface area contributed by atoms with Crippen molar-refractivity contribution in [1.29, 1.82) is 0 Å². The highest BCUT2D eigenvalue weighted by Crippen LogP contribution is 2.40. The van der Waals surface area contributed by atoms with Crippen LogP contribution in [0.3, 0.4) is 0 Å². The lowest BCUT2D eigenvalue weighted by atomic mass is 9.95. The van der Waals surface area contributed by atoms with Gasteiger partial charge in [0.05, 0.1) is 16.8 Å². The maximum Gasteiger partial charge on any atom is 0.266 e. The zero-order chi connectivity index (χ0) is 22.3. The summed E-state index contributed by atoms with van der Waals surface area (Å²) in [7, 11) is 0. The lowest BCUT2D eigenvalue weighted by Gasteiger charge is -2.13. The van der Waals surface area contributed by atoms with Crippen LogP contribution >= 0.6 is 11.3 Å². The number of hydrogen-bond donors (Lipinski definition) is 1. The average molecular weight is 430 g/mol. The smallest absolute Gasteiger partial charge is 0.266 e. The van der Waals surface area contributed by atoms with Gasteiger partial charge in [-0.15, -0.1) is 11.3 Å². The summed E-state index contributed by atoms with van der Waals surface area (Å²) < 4.78 is 0. The van der Waals surface area contributed by atoms with E-state index in [0.717, 1.165) is 32.0 Å². The van der Waals surface area contributed by atoms with Crippen LogP contribution in [-0.4, -0.2) is 16.9 Å². The molecule has 1 saturated heterocycles. The summed E-state index contributed by atoms with van der Waals surface area (Å²) in [6.07, 6.45) is 0. The third-order valence-electron chi connectivity index (χ3n) is 5.45. The third-order valence-corrected chi connectivity index (χ3v) is 6.55. The van der Waals surface area contributed by atoms with E-state index in [1.807, 2.05) is 45.9 Å². The number of thiophene rings is 1. The van der Waals surface area contributed by atoms with E-state index in [1.54, 1.807) is 23.5 Å². The molecule has 3 aromatic rings. The molecule has 1 aliphatic heterocycles. The molecule has 0 spiro atoms. The minimum atomic E-state index is -0.337.